The molecule has 0 saturated heterocycles. The van der Waals surface area contributed by atoms with Gasteiger partial charge in [0, 0.05) is 6.42 Å². The molecule has 3 heteroatoms. The number of rotatable bonds is 4. The van der Waals surface area contributed by atoms with Crippen molar-refractivity contribution in [3.63, 3.8) is 0 Å². The van der Waals surface area contributed by atoms with Crippen LogP contribution in [0, 0.1) is 0 Å². The van der Waals surface area contributed by atoms with Crippen LogP contribution in [-0.2, 0) is 14.6 Å². The minimum Gasteiger partial charge on any atom is -0.300 e. The summed E-state index contributed by atoms with van der Waals surface area (Å²) in [5, 5.41) is 0. The lowest BCUT2D eigenvalue weighted by Gasteiger charge is -1.93. The molecule has 0 atom stereocenters. The van der Waals surface area contributed by atoms with Crippen molar-refractivity contribution in [2.45, 2.75) is 13.3 Å². The minimum absolute atomic E-state index is 0.113. The number of carbonyl (C=O) groups is 1. The molecule has 0 radical (unpaired) electrons. The van der Waals surface area contributed by atoms with E-state index in [0.717, 1.165) is 0 Å². The SMILES string of the molecule is COOCCC(C)=O. The van der Waals surface area contributed by atoms with E-state index in [9.17, 15) is 4.79 Å². The summed E-state index contributed by atoms with van der Waals surface area (Å²) in [5.74, 6) is 0.113. The van der Waals surface area contributed by atoms with Crippen LogP contribution >= 0.6 is 0 Å². The van der Waals surface area contributed by atoms with Gasteiger partial charge in [0.2, 0.25) is 0 Å². The average Bonchev–Trinajstić information content (AvgIpc) is 1.66. The van der Waals surface area contributed by atoms with Gasteiger partial charge < -0.3 is 0 Å². The Balaban J connectivity index is 2.82. The first kappa shape index (κ1) is 7.59. The molecule has 0 aliphatic rings. The number of hydrogen-bond donors (Lipinski definition) is 0. The van der Waals surface area contributed by atoms with Gasteiger partial charge >= 0.3 is 0 Å². The van der Waals surface area contributed by atoms with E-state index in [4.69, 9.17) is 0 Å². The summed E-state index contributed by atoms with van der Waals surface area (Å²) in [7, 11) is 1.42. The van der Waals surface area contributed by atoms with Gasteiger partial charge in [-0.05, 0) is 6.92 Å². The quantitative estimate of drug-likeness (QED) is 0.307. The summed E-state index contributed by atoms with van der Waals surface area (Å²) in [6.45, 7) is 1.87. The highest BCUT2D eigenvalue weighted by Crippen LogP contribution is 1.82. The number of hydrogen-bond acceptors (Lipinski definition) is 3. The molecule has 0 saturated carbocycles. The molecule has 0 N–H and O–H groups in total. The van der Waals surface area contributed by atoms with Gasteiger partial charge in [0.15, 0.2) is 0 Å². The molecule has 0 unspecified atom stereocenters. The van der Waals surface area contributed by atoms with E-state index in [1.807, 2.05) is 0 Å². The maximum atomic E-state index is 10.2. The van der Waals surface area contributed by atoms with Gasteiger partial charge in [-0.2, -0.15) is 0 Å². The van der Waals surface area contributed by atoms with E-state index in [0.29, 0.717) is 13.0 Å². The topological polar surface area (TPSA) is 35.5 Å². The average molecular weight is 118 g/mol. The van der Waals surface area contributed by atoms with E-state index in [2.05, 4.69) is 9.78 Å². The Bertz CT molecular complexity index is 70.1. The Hall–Kier alpha value is -0.410. The van der Waals surface area contributed by atoms with Crippen molar-refractivity contribution in [2.24, 2.45) is 0 Å². The van der Waals surface area contributed by atoms with Gasteiger partial charge in [-0.1, -0.05) is 0 Å². The van der Waals surface area contributed by atoms with Crippen LogP contribution in [0.5, 0.6) is 0 Å². The summed E-state index contributed by atoms with van der Waals surface area (Å²) in [4.78, 5) is 18.8. The molecule has 0 heterocycles. The largest absolute Gasteiger partial charge is 0.300 e. The molecule has 3 nitrogen and oxygen atoms in total. The Morgan fingerprint density at radius 1 is 1.62 bits per heavy atom. The molecule has 0 aromatic rings. The Morgan fingerprint density at radius 3 is 2.62 bits per heavy atom. The van der Waals surface area contributed by atoms with E-state index in [1.165, 1.54) is 14.0 Å². The molecular weight excluding hydrogens is 108 g/mol. The first-order valence-electron chi connectivity index (χ1n) is 2.42. The van der Waals surface area contributed by atoms with Crippen molar-refractivity contribution in [3.8, 4) is 0 Å². The zero-order valence-electron chi connectivity index (χ0n) is 5.14. The molecule has 0 aliphatic heterocycles. The first-order chi connectivity index (χ1) is 3.77. The van der Waals surface area contributed by atoms with Crippen LogP contribution < -0.4 is 0 Å². The van der Waals surface area contributed by atoms with Gasteiger partial charge in [-0.3, -0.25) is 4.79 Å². The molecule has 48 valence electrons. The lowest BCUT2D eigenvalue weighted by Crippen LogP contribution is -1.98. The van der Waals surface area contributed by atoms with Crippen molar-refractivity contribution in [3.05, 3.63) is 0 Å². The zero-order valence-corrected chi connectivity index (χ0v) is 5.14. The first-order valence-corrected chi connectivity index (χ1v) is 2.42. The smallest absolute Gasteiger partial charge is 0.132 e. The zero-order chi connectivity index (χ0) is 6.41. The number of ketones is 1. The second-order valence-electron chi connectivity index (χ2n) is 1.44. The van der Waals surface area contributed by atoms with Gasteiger partial charge in [0.05, 0.1) is 13.7 Å². The monoisotopic (exact) mass is 118 g/mol. The Labute approximate surface area is 48.5 Å². The van der Waals surface area contributed by atoms with Gasteiger partial charge in [-0.15, -0.1) is 0 Å². The molecular formula is C5H10O3. The van der Waals surface area contributed by atoms with Crippen molar-refractivity contribution in [1.29, 1.82) is 0 Å². The van der Waals surface area contributed by atoms with Crippen LogP contribution in [0.2, 0.25) is 0 Å². The van der Waals surface area contributed by atoms with Crippen molar-refractivity contribution >= 4 is 5.78 Å². The van der Waals surface area contributed by atoms with Crippen molar-refractivity contribution in [1.82, 2.24) is 0 Å². The van der Waals surface area contributed by atoms with Gasteiger partial charge in [0.1, 0.15) is 5.78 Å². The maximum Gasteiger partial charge on any atom is 0.132 e. The highest BCUT2D eigenvalue weighted by molar-refractivity contribution is 5.75. The lowest BCUT2D eigenvalue weighted by atomic mass is 10.3. The van der Waals surface area contributed by atoms with Crippen molar-refractivity contribution in [2.75, 3.05) is 13.7 Å². The van der Waals surface area contributed by atoms with Gasteiger partial charge in [-0.25, -0.2) is 9.78 Å². The number of carbonyl (C=O) groups excluding carboxylic acids is 1. The van der Waals surface area contributed by atoms with Gasteiger partial charge in [0.25, 0.3) is 0 Å². The van der Waals surface area contributed by atoms with Crippen LogP contribution in [0.25, 0.3) is 0 Å². The molecule has 0 aromatic carbocycles. The lowest BCUT2D eigenvalue weighted by molar-refractivity contribution is -0.271. The van der Waals surface area contributed by atoms with Crippen LogP contribution in [0.15, 0.2) is 0 Å². The summed E-state index contributed by atoms with van der Waals surface area (Å²) < 4.78 is 0. The Morgan fingerprint density at radius 2 is 2.25 bits per heavy atom. The van der Waals surface area contributed by atoms with E-state index >= 15 is 0 Å². The second-order valence-corrected chi connectivity index (χ2v) is 1.44. The molecule has 0 bridgehead atoms. The highest BCUT2D eigenvalue weighted by atomic mass is 17.2. The van der Waals surface area contributed by atoms with E-state index in [1.54, 1.807) is 0 Å². The fourth-order valence-corrected chi connectivity index (χ4v) is 0.269. The van der Waals surface area contributed by atoms with E-state index < -0.39 is 0 Å². The van der Waals surface area contributed by atoms with Crippen LogP contribution in [0.4, 0.5) is 0 Å². The molecule has 0 spiro atoms. The summed E-state index contributed by atoms with van der Waals surface area (Å²) in [6, 6.07) is 0. The van der Waals surface area contributed by atoms with E-state index in [-0.39, 0.29) is 5.78 Å². The molecule has 0 amide bonds. The third-order valence-corrected chi connectivity index (χ3v) is 0.655. The molecule has 0 aromatic heterocycles. The summed E-state index contributed by atoms with van der Waals surface area (Å²) in [5.41, 5.74) is 0. The van der Waals surface area contributed by atoms with Crippen LogP contribution in [-0.4, -0.2) is 19.5 Å². The van der Waals surface area contributed by atoms with Crippen LogP contribution in [0.3, 0.4) is 0 Å². The highest BCUT2D eigenvalue weighted by Gasteiger charge is 1.90. The standard InChI is InChI=1S/C5H10O3/c1-5(6)3-4-8-7-2/h3-4H2,1-2H3. The van der Waals surface area contributed by atoms with Crippen molar-refractivity contribution < 1.29 is 14.6 Å². The molecule has 0 fully saturated rings. The fraction of sp³-hybridized carbons (Fsp3) is 0.800. The number of Topliss-reactive ketones (excluding diaryl/α,β-unsaturated/α-hetero) is 1. The minimum atomic E-state index is 0.113. The maximum absolute atomic E-state index is 10.2. The second kappa shape index (κ2) is 4.74. The Kier molecular flexibility index (Phi) is 4.50. The molecule has 8 heavy (non-hydrogen) atoms. The summed E-state index contributed by atoms with van der Waals surface area (Å²) in [6.07, 6.45) is 0.424. The predicted octanol–water partition coefficient (Wildman–Crippen LogP) is 0.544. The molecule has 0 aliphatic carbocycles. The normalized spacial score (nSPS) is 9.25. The third kappa shape index (κ3) is 5.59. The predicted molar refractivity (Wildman–Crippen MR) is 28.3 cm³/mol. The third-order valence-electron chi connectivity index (χ3n) is 0.655. The van der Waals surface area contributed by atoms with Crippen LogP contribution in [0.1, 0.15) is 13.3 Å². The molecule has 0 rings (SSSR count). The summed E-state index contributed by atoms with van der Waals surface area (Å²) >= 11 is 0. The fourth-order valence-electron chi connectivity index (χ4n) is 0.269.